The van der Waals surface area contributed by atoms with Crippen LogP contribution >= 0.6 is 0 Å². The van der Waals surface area contributed by atoms with E-state index in [9.17, 15) is 9.59 Å². The number of hydrogen-bond acceptors (Lipinski definition) is 3. The number of nitrogen functional groups attached to an aromatic ring is 1. The average Bonchev–Trinajstić information content (AvgIpc) is 2.38. The molecule has 0 aliphatic carbocycles. The van der Waals surface area contributed by atoms with Gasteiger partial charge in [0.05, 0.1) is 11.5 Å². The summed E-state index contributed by atoms with van der Waals surface area (Å²) in [7, 11) is 0. The van der Waals surface area contributed by atoms with Crippen LogP contribution < -0.4 is 11.5 Å². The lowest BCUT2D eigenvalue weighted by molar-refractivity contribution is -0.123. The molecule has 2 atom stereocenters. The van der Waals surface area contributed by atoms with Crippen molar-refractivity contribution in [2.45, 2.75) is 25.8 Å². The molecule has 4 N–H and O–H groups in total. The molecule has 2 rings (SSSR count). The lowest BCUT2D eigenvalue weighted by atomic mass is 9.92. The number of amides is 2. The van der Waals surface area contributed by atoms with Gasteiger partial charge in [-0.05, 0) is 31.9 Å². The van der Waals surface area contributed by atoms with Crippen molar-refractivity contribution in [1.29, 1.82) is 0 Å². The fourth-order valence-electron chi connectivity index (χ4n) is 2.47. The molecule has 1 saturated heterocycles. The number of hydrogen-bond donors (Lipinski definition) is 2. The van der Waals surface area contributed by atoms with E-state index in [0.29, 0.717) is 17.8 Å². The van der Waals surface area contributed by atoms with Crippen LogP contribution in [0.3, 0.4) is 0 Å². The summed E-state index contributed by atoms with van der Waals surface area (Å²) in [5, 5.41) is 0. The number of piperidine rings is 1. The molecule has 0 spiro atoms. The maximum atomic E-state index is 12.5. The molecule has 0 unspecified atom stereocenters. The van der Waals surface area contributed by atoms with E-state index in [4.69, 9.17) is 11.5 Å². The van der Waals surface area contributed by atoms with Gasteiger partial charge in [-0.25, -0.2) is 0 Å². The zero-order chi connectivity index (χ0) is 14.0. The maximum absolute atomic E-state index is 12.5. The summed E-state index contributed by atoms with van der Waals surface area (Å²) < 4.78 is 0. The average molecular weight is 261 g/mol. The molecule has 2 amide bonds. The van der Waals surface area contributed by atoms with E-state index in [2.05, 4.69) is 0 Å². The molecule has 19 heavy (non-hydrogen) atoms. The molecule has 0 aromatic heterocycles. The van der Waals surface area contributed by atoms with Crippen molar-refractivity contribution in [1.82, 2.24) is 4.90 Å². The second-order valence-electron chi connectivity index (χ2n) is 5.07. The lowest BCUT2D eigenvalue weighted by Gasteiger charge is -2.37. The summed E-state index contributed by atoms with van der Waals surface area (Å²) in [6.45, 7) is 2.36. The zero-order valence-corrected chi connectivity index (χ0v) is 11.0. The highest BCUT2D eigenvalue weighted by Gasteiger charge is 2.32. The van der Waals surface area contributed by atoms with E-state index in [1.807, 2.05) is 6.92 Å². The van der Waals surface area contributed by atoms with E-state index in [1.54, 1.807) is 29.2 Å². The number of nitrogens with zero attached hydrogens (tertiary/aromatic N) is 1. The van der Waals surface area contributed by atoms with E-state index < -0.39 is 0 Å². The Balaban J connectivity index is 2.22. The van der Waals surface area contributed by atoms with Crippen molar-refractivity contribution < 1.29 is 9.59 Å². The highest BCUT2D eigenvalue weighted by atomic mass is 16.2. The minimum absolute atomic E-state index is 0.0997. The zero-order valence-electron chi connectivity index (χ0n) is 11.0. The van der Waals surface area contributed by atoms with Gasteiger partial charge in [0.2, 0.25) is 5.91 Å². The smallest absolute Gasteiger partial charge is 0.256 e. The Kier molecular flexibility index (Phi) is 3.74. The van der Waals surface area contributed by atoms with Crippen LogP contribution in [0.1, 0.15) is 30.1 Å². The Morgan fingerprint density at radius 2 is 1.95 bits per heavy atom. The van der Waals surface area contributed by atoms with Crippen molar-refractivity contribution in [2.24, 2.45) is 11.7 Å². The summed E-state index contributed by atoms with van der Waals surface area (Å²) in [6.07, 6.45) is 1.52. The van der Waals surface area contributed by atoms with Gasteiger partial charge in [0.15, 0.2) is 0 Å². The lowest BCUT2D eigenvalue weighted by Crippen LogP contribution is -2.48. The molecule has 5 nitrogen and oxygen atoms in total. The fraction of sp³-hybridized carbons (Fsp3) is 0.429. The molecule has 1 aliphatic heterocycles. The van der Waals surface area contributed by atoms with Gasteiger partial charge in [-0.2, -0.15) is 0 Å². The van der Waals surface area contributed by atoms with E-state index >= 15 is 0 Å². The van der Waals surface area contributed by atoms with Crippen LogP contribution in [0.4, 0.5) is 5.69 Å². The minimum atomic E-state index is -0.342. The first-order chi connectivity index (χ1) is 9.00. The van der Waals surface area contributed by atoms with E-state index in [0.717, 1.165) is 12.8 Å². The van der Waals surface area contributed by atoms with Crippen molar-refractivity contribution in [3.05, 3.63) is 29.8 Å². The van der Waals surface area contributed by atoms with Gasteiger partial charge in [0, 0.05) is 18.3 Å². The van der Waals surface area contributed by atoms with Crippen molar-refractivity contribution in [2.75, 3.05) is 12.3 Å². The third-order valence-corrected chi connectivity index (χ3v) is 3.74. The van der Waals surface area contributed by atoms with Crippen LogP contribution in [0, 0.1) is 5.92 Å². The van der Waals surface area contributed by atoms with Crippen molar-refractivity contribution in [3.8, 4) is 0 Å². The normalized spacial score (nSPS) is 23.1. The fourth-order valence-corrected chi connectivity index (χ4v) is 2.47. The molecule has 1 fully saturated rings. The molecule has 1 aromatic carbocycles. The molecular weight excluding hydrogens is 242 g/mol. The minimum Gasteiger partial charge on any atom is -0.398 e. The van der Waals surface area contributed by atoms with Crippen molar-refractivity contribution >= 4 is 17.5 Å². The molecule has 5 heteroatoms. The summed E-state index contributed by atoms with van der Waals surface area (Å²) in [4.78, 5) is 25.5. The number of carbonyl (C=O) groups excluding carboxylic acids is 2. The Morgan fingerprint density at radius 3 is 2.58 bits per heavy atom. The number of rotatable bonds is 2. The first-order valence-corrected chi connectivity index (χ1v) is 6.45. The predicted octanol–water partition coefficient (Wildman–Crippen LogP) is 0.995. The van der Waals surface area contributed by atoms with Gasteiger partial charge < -0.3 is 16.4 Å². The quantitative estimate of drug-likeness (QED) is 0.778. The number of para-hydroxylation sites is 1. The molecule has 0 bridgehead atoms. The van der Waals surface area contributed by atoms with Gasteiger partial charge in [0.25, 0.3) is 5.91 Å². The Bertz CT molecular complexity index is 501. The number of benzene rings is 1. The van der Waals surface area contributed by atoms with Crippen LogP contribution in [-0.4, -0.2) is 29.3 Å². The highest BCUT2D eigenvalue weighted by molar-refractivity contribution is 5.99. The molecule has 102 valence electrons. The standard InChI is InChI=1S/C14H19N3O2/c1-9-6-7-10(13(16)18)8-17(9)14(19)11-4-2-3-5-12(11)15/h2-5,9-10H,6-8,15H2,1H3,(H2,16,18)/t9-,10-/m1/s1. The SMILES string of the molecule is C[C@@H]1CC[C@@H](C(N)=O)CN1C(=O)c1ccccc1N. The Hall–Kier alpha value is -2.04. The predicted molar refractivity (Wildman–Crippen MR) is 73.3 cm³/mol. The summed E-state index contributed by atoms with van der Waals surface area (Å²) in [5.74, 6) is -0.729. The van der Waals surface area contributed by atoms with Crippen LogP contribution in [0.5, 0.6) is 0 Å². The molecule has 1 aromatic rings. The van der Waals surface area contributed by atoms with Crippen LogP contribution in [0.15, 0.2) is 24.3 Å². The number of nitrogens with two attached hydrogens (primary N) is 2. The monoisotopic (exact) mass is 261 g/mol. The number of primary amides is 1. The summed E-state index contributed by atoms with van der Waals surface area (Å²) in [5.41, 5.74) is 12.1. The number of carbonyl (C=O) groups is 2. The Morgan fingerprint density at radius 1 is 1.26 bits per heavy atom. The third-order valence-electron chi connectivity index (χ3n) is 3.74. The van der Waals surface area contributed by atoms with Crippen LogP contribution in [-0.2, 0) is 4.79 Å². The second-order valence-corrected chi connectivity index (χ2v) is 5.07. The van der Waals surface area contributed by atoms with E-state index in [-0.39, 0.29) is 23.8 Å². The number of anilines is 1. The molecule has 1 heterocycles. The molecule has 1 aliphatic rings. The summed E-state index contributed by atoms with van der Waals surface area (Å²) in [6, 6.07) is 7.08. The van der Waals surface area contributed by atoms with Gasteiger partial charge in [-0.1, -0.05) is 12.1 Å². The van der Waals surface area contributed by atoms with Gasteiger partial charge >= 0.3 is 0 Å². The van der Waals surface area contributed by atoms with Gasteiger partial charge in [-0.15, -0.1) is 0 Å². The van der Waals surface area contributed by atoms with Gasteiger partial charge in [0.1, 0.15) is 0 Å². The van der Waals surface area contributed by atoms with E-state index in [1.165, 1.54) is 0 Å². The van der Waals surface area contributed by atoms with Gasteiger partial charge in [-0.3, -0.25) is 9.59 Å². The molecule has 0 radical (unpaired) electrons. The molecule has 0 saturated carbocycles. The third kappa shape index (κ3) is 2.70. The topological polar surface area (TPSA) is 89.4 Å². The first kappa shape index (κ1) is 13.4. The molecular formula is C14H19N3O2. The first-order valence-electron chi connectivity index (χ1n) is 6.45. The summed E-state index contributed by atoms with van der Waals surface area (Å²) >= 11 is 0. The second kappa shape index (κ2) is 5.30. The Labute approximate surface area is 112 Å². The highest BCUT2D eigenvalue weighted by Crippen LogP contribution is 2.25. The van der Waals surface area contributed by atoms with Crippen LogP contribution in [0.25, 0.3) is 0 Å². The number of likely N-dealkylation sites (tertiary alicyclic amines) is 1. The van der Waals surface area contributed by atoms with Crippen molar-refractivity contribution in [3.63, 3.8) is 0 Å². The van der Waals surface area contributed by atoms with Crippen LogP contribution in [0.2, 0.25) is 0 Å². The maximum Gasteiger partial charge on any atom is 0.256 e. The largest absolute Gasteiger partial charge is 0.398 e.